The van der Waals surface area contributed by atoms with Crippen molar-refractivity contribution < 1.29 is 18.7 Å². The van der Waals surface area contributed by atoms with Crippen molar-refractivity contribution in [1.82, 2.24) is 9.78 Å². The van der Waals surface area contributed by atoms with Crippen molar-refractivity contribution in [1.29, 1.82) is 0 Å². The SMILES string of the molecule is CCOC(=O)c1cnn(Cc2ccc(OC)cc2)c1Cc1ccccc1F. The van der Waals surface area contributed by atoms with Gasteiger partial charge in [-0.1, -0.05) is 30.3 Å². The molecule has 1 heterocycles. The fourth-order valence-corrected chi connectivity index (χ4v) is 2.84. The molecular weight excluding hydrogens is 347 g/mol. The Kier molecular flexibility index (Phi) is 5.86. The maximum atomic E-state index is 14.1. The van der Waals surface area contributed by atoms with Crippen LogP contribution in [-0.2, 0) is 17.7 Å². The molecule has 0 unspecified atom stereocenters. The second-order valence-electron chi connectivity index (χ2n) is 6.00. The second kappa shape index (κ2) is 8.49. The topological polar surface area (TPSA) is 53.3 Å². The van der Waals surface area contributed by atoms with Crippen molar-refractivity contribution in [3.05, 3.63) is 82.9 Å². The zero-order valence-corrected chi connectivity index (χ0v) is 15.3. The van der Waals surface area contributed by atoms with E-state index in [0.29, 0.717) is 23.4 Å². The molecule has 27 heavy (non-hydrogen) atoms. The van der Waals surface area contributed by atoms with Crippen molar-refractivity contribution in [2.24, 2.45) is 0 Å². The first-order valence-corrected chi connectivity index (χ1v) is 8.70. The lowest BCUT2D eigenvalue weighted by Crippen LogP contribution is -2.12. The predicted molar refractivity (Wildman–Crippen MR) is 99.5 cm³/mol. The summed E-state index contributed by atoms with van der Waals surface area (Å²) in [6, 6.07) is 14.1. The highest BCUT2D eigenvalue weighted by Gasteiger charge is 2.20. The highest BCUT2D eigenvalue weighted by atomic mass is 19.1. The molecule has 0 atom stereocenters. The van der Waals surface area contributed by atoms with Gasteiger partial charge in [-0.15, -0.1) is 0 Å². The number of nitrogens with zero attached hydrogens (tertiary/aromatic N) is 2. The van der Waals surface area contributed by atoms with Gasteiger partial charge in [0.25, 0.3) is 0 Å². The van der Waals surface area contributed by atoms with E-state index in [-0.39, 0.29) is 18.8 Å². The molecule has 3 aromatic rings. The lowest BCUT2D eigenvalue weighted by atomic mass is 10.1. The Morgan fingerprint density at radius 3 is 2.56 bits per heavy atom. The molecule has 3 rings (SSSR count). The van der Waals surface area contributed by atoms with Crippen molar-refractivity contribution in [3.8, 4) is 5.75 Å². The van der Waals surface area contributed by atoms with E-state index in [1.807, 2.05) is 24.3 Å². The fourth-order valence-electron chi connectivity index (χ4n) is 2.84. The number of esters is 1. The average Bonchev–Trinajstić information content (AvgIpc) is 3.07. The quantitative estimate of drug-likeness (QED) is 0.595. The summed E-state index contributed by atoms with van der Waals surface area (Å²) in [5.74, 6) is -0.00710. The van der Waals surface area contributed by atoms with E-state index < -0.39 is 5.97 Å². The lowest BCUT2D eigenvalue weighted by molar-refractivity contribution is 0.0525. The normalized spacial score (nSPS) is 10.6. The molecular formula is C21H21FN2O3. The predicted octanol–water partition coefficient (Wildman–Crippen LogP) is 3.85. The molecule has 0 saturated heterocycles. The van der Waals surface area contributed by atoms with E-state index in [1.165, 1.54) is 12.3 Å². The Morgan fingerprint density at radius 1 is 1.15 bits per heavy atom. The van der Waals surface area contributed by atoms with E-state index in [4.69, 9.17) is 9.47 Å². The molecule has 0 aliphatic carbocycles. The summed E-state index contributed by atoms with van der Waals surface area (Å²) in [4.78, 5) is 12.3. The highest BCUT2D eigenvalue weighted by Crippen LogP contribution is 2.20. The van der Waals surface area contributed by atoms with Crippen LogP contribution in [0.4, 0.5) is 4.39 Å². The molecule has 140 valence electrons. The monoisotopic (exact) mass is 368 g/mol. The van der Waals surface area contributed by atoms with Gasteiger partial charge in [0.2, 0.25) is 0 Å². The maximum absolute atomic E-state index is 14.1. The standard InChI is InChI=1S/C21H21FN2O3/c1-3-27-21(25)18-13-23-24(14-15-8-10-17(26-2)11-9-15)20(18)12-16-6-4-5-7-19(16)22/h4-11,13H,3,12,14H2,1-2H3. The number of halogens is 1. The molecule has 0 aliphatic rings. The van der Waals surface area contributed by atoms with Crippen LogP contribution in [0.15, 0.2) is 54.7 Å². The summed E-state index contributed by atoms with van der Waals surface area (Å²) >= 11 is 0. The number of aromatic nitrogens is 2. The first-order chi connectivity index (χ1) is 13.1. The number of carbonyl (C=O) groups is 1. The summed E-state index contributed by atoms with van der Waals surface area (Å²) in [7, 11) is 1.61. The van der Waals surface area contributed by atoms with Crippen LogP contribution in [0.25, 0.3) is 0 Å². The van der Waals surface area contributed by atoms with Crippen molar-refractivity contribution >= 4 is 5.97 Å². The minimum atomic E-state index is -0.454. The molecule has 0 N–H and O–H groups in total. The Hall–Kier alpha value is -3.15. The van der Waals surface area contributed by atoms with Gasteiger partial charge in [0.1, 0.15) is 17.1 Å². The van der Waals surface area contributed by atoms with Crippen molar-refractivity contribution in [3.63, 3.8) is 0 Å². The molecule has 0 spiro atoms. The van der Waals surface area contributed by atoms with Gasteiger partial charge >= 0.3 is 5.97 Å². The highest BCUT2D eigenvalue weighted by molar-refractivity contribution is 5.90. The number of benzene rings is 2. The molecule has 6 heteroatoms. The minimum Gasteiger partial charge on any atom is -0.497 e. The van der Waals surface area contributed by atoms with Crippen LogP contribution >= 0.6 is 0 Å². The summed E-state index contributed by atoms with van der Waals surface area (Å²) in [6.45, 7) is 2.46. The van der Waals surface area contributed by atoms with E-state index in [1.54, 1.807) is 36.9 Å². The minimum absolute atomic E-state index is 0.247. The van der Waals surface area contributed by atoms with E-state index in [0.717, 1.165) is 11.3 Å². The summed E-state index contributed by atoms with van der Waals surface area (Å²) in [5.41, 5.74) is 2.46. The van der Waals surface area contributed by atoms with Gasteiger partial charge in [0.05, 0.1) is 32.2 Å². The first-order valence-electron chi connectivity index (χ1n) is 8.70. The number of rotatable bonds is 7. The van der Waals surface area contributed by atoms with E-state index in [9.17, 15) is 9.18 Å². The van der Waals surface area contributed by atoms with Gasteiger partial charge in [0.15, 0.2) is 0 Å². The zero-order valence-electron chi connectivity index (χ0n) is 15.3. The third kappa shape index (κ3) is 4.34. The molecule has 5 nitrogen and oxygen atoms in total. The third-order valence-electron chi connectivity index (χ3n) is 4.25. The summed E-state index contributed by atoms with van der Waals surface area (Å²) in [5, 5.41) is 4.35. The number of ether oxygens (including phenoxy) is 2. The molecule has 0 bridgehead atoms. The maximum Gasteiger partial charge on any atom is 0.341 e. The number of hydrogen-bond acceptors (Lipinski definition) is 4. The molecule has 0 radical (unpaired) electrons. The van der Waals surface area contributed by atoms with Gasteiger partial charge in [-0.25, -0.2) is 9.18 Å². The van der Waals surface area contributed by atoms with Gasteiger partial charge < -0.3 is 9.47 Å². The van der Waals surface area contributed by atoms with E-state index >= 15 is 0 Å². The fraction of sp³-hybridized carbons (Fsp3) is 0.238. The van der Waals surface area contributed by atoms with Crippen LogP contribution in [0.3, 0.4) is 0 Å². The van der Waals surface area contributed by atoms with Crippen LogP contribution < -0.4 is 4.74 Å². The summed E-state index contributed by atoms with van der Waals surface area (Å²) in [6.07, 6.45) is 1.73. The summed E-state index contributed by atoms with van der Waals surface area (Å²) < 4.78 is 26.2. The molecule has 0 fully saturated rings. The van der Waals surface area contributed by atoms with Gasteiger partial charge in [-0.05, 0) is 36.2 Å². The Labute approximate surface area is 157 Å². The molecule has 2 aromatic carbocycles. The molecule has 0 amide bonds. The molecule has 0 saturated carbocycles. The van der Waals surface area contributed by atoms with Crippen LogP contribution in [-0.4, -0.2) is 29.5 Å². The smallest absolute Gasteiger partial charge is 0.341 e. The molecule has 0 aliphatic heterocycles. The number of hydrogen-bond donors (Lipinski definition) is 0. The largest absolute Gasteiger partial charge is 0.497 e. The van der Waals surface area contributed by atoms with E-state index in [2.05, 4.69) is 5.10 Å². The number of methoxy groups -OCH3 is 1. The molecule has 1 aromatic heterocycles. The van der Waals surface area contributed by atoms with Crippen LogP contribution in [0, 0.1) is 5.82 Å². The first kappa shape index (κ1) is 18.6. The third-order valence-corrected chi connectivity index (χ3v) is 4.25. The van der Waals surface area contributed by atoms with Gasteiger partial charge in [0, 0.05) is 6.42 Å². The zero-order chi connectivity index (χ0) is 19.2. The van der Waals surface area contributed by atoms with Crippen molar-refractivity contribution in [2.75, 3.05) is 13.7 Å². The van der Waals surface area contributed by atoms with Gasteiger partial charge in [-0.3, -0.25) is 4.68 Å². The van der Waals surface area contributed by atoms with Crippen LogP contribution in [0.1, 0.15) is 34.1 Å². The second-order valence-corrected chi connectivity index (χ2v) is 6.00. The Bertz CT molecular complexity index is 919. The average molecular weight is 368 g/mol. The van der Waals surface area contributed by atoms with Crippen LogP contribution in [0.5, 0.6) is 5.75 Å². The van der Waals surface area contributed by atoms with Crippen molar-refractivity contribution in [2.45, 2.75) is 19.9 Å². The Balaban J connectivity index is 1.94. The lowest BCUT2D eigenvalue weighted by Gasteiger charge is -2.11. The number of carbonyl (C=O) groups excluding carboxylic acids is 1. The van der Waals surface area contributed by atoms with Gasteiger partial charge in [-0.2, -0.15) is 5.10 Å². The van der Waals surface area contributed by atoms with Crippen LogP contribution in [0.2, 0.25) is 0 Å². The Morgan fingerprint density at radius 2 is 1.89 bits per heavy atom.